The van der Waals surface area contributed by atoms with Crippen molar-refractivity contribution in [3.8, 4) is 12.3 Å². The standard InChI is InChI=1S/C14H23NO5S/c1-5-6-11-21(18,19)15-12(16)9-7-8-10-13(17)20-14(2,3)4/h1H,6-11H2,2-4H3,(H,15,16). The highest BCUT2D eigenvalue weighted by atomic mass is 32.2. The lowest BCUT2D eigenvalue weighted by molar-refractivity contribution is -0.155. The van der Waals surface area contributed by atoms with Gasteiger partial charge >= 0.3 is 5.97 Å². The Morgan fingerprint density at radius 3 is 2.29 bits per heavy atom. The molecule has 0 aliphatic carbocycles. The number of rotatable bonds is 8. The van der Waals surface area contributed by atoms with Gasteiger partial charge in [-0.15, -0.1) is 12.3 Å². The van der Waals surface area contributed by atoms with Gasteiger partial charge in [-0.3, -0.25) is 14.3 Å². The van der Waals surface area contributed by atoms with Crippen LogP contribution in [0, 0.1) is 12.3 Å². The van der Waals surface area contributed by atoms with Crippen molar-refractivity contribution in [2.75, 3.05) is 5.75 Å². The summed E-state index contributed by atoms with van der Waals surface area (Å²) in [7, 11) is -3.65. The molecule has 6 nitrogen and oxygen atoms in total. The molecule has 0 atom stereocenters. The van der Waals surface area contributed by atoms with E-state index in [1.807, 2.05) is 4.72 Å². The molecular formula is C14H23NO5S. The van der Waals surface area contributed by atoms with Crippen LogP contribution in [-0.2, 0) is 24.3 Å². The molecule has 0 aliphatic rings. The zero-order chi connectivity index (χ0) is 16.5. The van der Waals surface area contributed by atoms with Gasteiger partial charge in [-0.05, 0) is 33.6 Å². The Balaban J connectivity index is 3.91. The predicted molar refractivity (Wildman–Crippen MR) is 79.7 cm³/mol. The third kappa shape index (κ3) is 11.9. The predicted octanol–water partition coefficient (Wildman–Crippen LogP) is 1.36. The molecule has 1 N–H and O–H groups in total. The second-order valence-electron chi connectivity index (χ2n) is 5.59. The normalized spacial score (nSPS) is 11.5. The highest BCUT2D eigenvalue weighted by molar-refractivity contribution is 7.90. The van der Waals surface area contributed by atoms with Crippen molar-refractivity contribution in [1.29, 1.82) is 0 Å². The summed E-state index contributed by atoms with van der Waals surface area (Å²) in [5.74, 6) is 1.01. The maximum Gasteiger partial charge on any atom is 0.306 e. The number of ether oxygens (including phenoxy) is 1. The van der Waals surface area contributed by atoms with Gasteiger partial charge < -0.3 is 4.74 Å². The van der Waals surface area contributed by atoms with Gasteiger partial charge in [0.2, 0.25) is 15.9 Å². The number of terminal acetylenes is 1. The van der Waals surface area contributed by atoms with Crippen LogP contribution < -0.4 is 4.72 Å². The quantitative estimate of drug-likeness (QED) is 0.415. The first-order valence-electron chi connectivity index (χ1n) is 6.74. The SMILES string of the molecule is C#CCCS(=O)(=O)NC(=O)CCCCC(=O)OC(C)(C)C. The van der Waals surface area contributed by atoms with E-state index < -0.39 is 21.5 Å². The minimum absolute atomic E-state index is 0.0398. The Labute approximate surface area is 126 Å². The molecule has 0 spiro atoms. The molecule has 0 saturated heterocycles. The van der Waals surface area contributed by atoms with Gasteiger partial charge in [0.05, 0.1) is 5.75 Å². The summed E-state index contributed by atoms with van der Waals surface area (Å²) in [6, 6.07) is 0. The number of carbonyl (C=O) groups excluding carboxylic acids is 2. The highest BCUT2D eigenvalue weighted by Crippen LogP contribution is 2.10. The number of sulfonamides is 1. The molecule has 0 saturated carbocycles. The van der Waals surface area contributed by atoms with Crippen molar-refractivity contribution in [2.24, 2.45) is 0 Å². The number of hydrogen-bond acceptors (Lipinski definition) is 5. The van der Waals surface area contributed by atoms with E-state index in [1.54, 1.807) is 20.8 Å². The molecule has 0 unspecified atom stereocenters. The summed E-state index contributed by atoms with van der Waals surface area (Å²) in [6.07, 6.45) is 6.14. The van der Waals surface area contributed by atoms with Crippen LogP contribution in [0.5, 0.6) is 0 Å². The first kappa shape index (κ1) is 19.4. The van der Waals surface area contributed by atoms with Crippen molar-refractivity contribution in [3.05, 3.63) is 0 Å². The van der Waals surface area contributed by atoms with Gasteiger partial charge in [-0.1, -0.05) is 0 Å². The van der Waals surface area contributed by atoms with E-state index in [-0.39, 0.29) is 31.0 Å². The lowest BCUT2D eigenvalue weighted by Gasteiger charge is -2.19. The van der Waals surface area contributed by atoms with E-state index in [0.717, 1.165) is 0 Å². The van der Waals surface area contributed by atoms with Gasteiger partial charge in [-0.25, -0.2) is 8.42 Å². The van der Waals surface area contributed by atoms with Crippen LogP contribution in [0.4, 0.5) is 0 Å². The summed E-state index contributed by atoms with van der Waals surface area (Å²) in [6.45, 7) is 5.33. The summed E-state index contributed by atoms with van der Waals surface area (Å²) in [4.78, 5) is 22.9. The van der Waals surface area contributed by atoms with Crippen LogP contribution in [0.25, 0.3) is 0 Å². The number of unbranched alkanes of at least 4 members (excludes halogenated alkanes) is 1. The third-order valence-corrected chi connectivity index (χ3v) is 3.52. The fourth-order valence-electron chi connectivity index (χ4n) is 1.42. The minimum Gasteiger partial charge on any atom is -0.460 e. The van der Waals surface area contributed by atoms with Gasteiger partial charge in [0.15, 0.2) is 0 Å². The fraction of sp³-hybridized carbons (Fsp3) is 0.714. The van der Waals surface area contributed by atoms with E-state index in [4.69, 9.17) is 11.2 Å². The minimum atomic E-state index is -3.65. The van der Waals surface area contributed by atoms with E-state index in [9.17, 15) is 18.0 Å². The number of esters is 1. The summed E-state index contributed by atoms with van der Waals surface area (Å²) >= 11 is 0. The van der Waals surface area contributed by atoms with E-state index in [0.29, 0.717) is 12.8 Å². The Bertz CT molecular complexity index is 496. The van der Waals surface area contributed by atoms with Crippen molar-refractivity contribution >= 4 is 21.9 Å². The summed E-state index contributed by atoms with van der Waals surface area (Å²) in [5.41, 5.74) is -0.528. The molecular weight excluding hydrogens is 294 g/mol. The lowest BCUT2D eigenvalue weighted by atomic mass is 10.1. The summed E-state index contributed by atoms with van der Waals surface area (Å²) < 4.78 is 29.8. The number of hydrogen-bond donors (Lipinski definition) is 1. The first-order valence-corrected chi connectivity index (χ1v) is 8.39. The van der Waals surface area contributed by atoms with E-state index in [2.05, 4.69) is 5.92 Å². The average Bonchev–Trinajstić information content (AvgIpc) is 2.29. The van der Waals surface area contributed by atoms with Crippen molar-refractivity contribution in [1.82, 2.24) is 4.72 Å². The Kier molecular flexibility index (Phi) is 8.03. The number of amides is 1. The maximum atomic E-state index is 11.4. The van der Waals surface area contributed by atoms with Crippen LogP contribution >= 0.6 is 0 Å². The molecule has 0 radical (unpaired) electrons. The Morgan fingerprint density at radius 2 is 1.76 bits per heavy atom. The zero-order valence-corrected chi connectivity index (χ0v) is 13.6. The molecule has 0 rings (SSSR count). The van der Waals surface area contributed by atoms with Gasteiger partial charge in [0, 0.05) is 19.3 Å². The molecule has 120 valence electrons. The van der Waals surface area contributed by atoms with E-state index >= 15 is 0 Å². The lowest BCUT2D eigenvalue weighted by Crippen LogP contribution is -2.32. The molecule has 0 aromatic heterocycles. The molecule has 0 bridgehead atoms. The smallest absolute Gasteiger partial charge is 0.306 e. The van der Waals surface area contributed by atoms with Crippen LogP contribution in [0.15, 0.2) is 0 Å². The van der Waals surface area contributed by atoms with Gasteiger partial charge in [0.1, 0.15) is 5.60 Å². The van der Waals surface area contributed by atoms with Crippen LogP contribution in [0.2, 0.25) is 0 Å². The van der Waals surface area contributed by atoms with Crippen molar-refractivity contribution in [2.45, 2.75) is 58.5 Å². The second kappa shape index (κ2) is 8.67. The fourth-order valence-corrected chi connectivity index (χ4v) is 2.35. The average molecular weight is 317 g/mol. The number of carbonyl (C=O) groups is 2. The molecule has 0 fully saturated rings. The molecule has 7 heteroatoms. The molecule has 21 heavy (non-hydrogen) atoms. The molecule has 1 amide bonds. The number of nitrogens with one attached hydrogen (secondary N) is 1. The monoisotopic (exact) mass is 317 g/mol. The van der Waals surface area contributed by atoms with Crippen LogP contribution in [0.1, 0.15) is 52.9 Å². The second-order valence-corrected chi connectivity index (χ2v) is 7.43. The van der Waals surface area contributed by atoms with Gasteiger partial charge in [-0.2, -0.15) is 0 Å². The molecule has 0 aliphatic heterocycles. The van der Waals surface area contributed by atoms with Crippen molar-refractivity contribution < 1.29 is 22.7 Å². The topological polar surface area (TPSA) is 89.5 Å². The molecule has 0 aromatic rings. The van der Waals surface area contributed by atoms with Gasteiger partial charge in [0.25, 0.3) is 0 Å². The maximum absolute atomic E-state index is 11.4. The zero-order valence-electron chi connectivity index (χ0n) is 12.8. The Hall–Kier alpha value is -1.55. The molecule has 0 heterocycles. The van der Waals surface area contributed by atoms with Crippen LogP contribution in [-0.4, -0.2) is 31.6 Å². The van der Waals surface area contributed by atoms with E-state index in [1.165, 1.54) is 0 Å². The third-order valence-electron chi connectivity index (χ3n) is 2.24. The van der Waals surface area contributed by atoms with Crippen molar-refractivity contribution in [3.63, 3.8) is 0 Å². The highest BCUT2D eigenvalue weighted by Gasteiger charge is 2.16. The Morgan fingerprint density at radius 1 is 1.19 bits per heavy atom. The van der Waals surface area contributed by atoms with Crippen LogP contribution in [0.3, 0.4) is 0 Å². The molecule has 0 aromatic carbocycles. The first-order chi connectivity index (χ1) is 9.56. The summed E-state index contributed by atoms with van der Waals surface area (Å²) in [5, 5.41) is 0. The largest absolute Gasteiger partial charge is 0.460 e.